The maximum absolute atomic E-state index is 12.2. The third-order valence-corrected chi connectivity index (χ3v) is 3.27. The van der Waals surface area contributed by atoms with Gasteiger partial charge in [0.05, 0.1) is 6.54 Å². The largest absolute Gasteiger partial charge is 0.444 e. The Hall–Kier alpha value is -2.83. The Morgan fingerprint density at radius 1 is 1.24 bits per heavy atom. The highest BCUT2D eigenvalue weighted by Crippen LogP contribution is 2.18. The van der Waals surface area contributed by atoms with Crippen molar-refractivity contribution in [2.75, 3.05) is 12.4 Å². The van der Waals surface area contributed by atoms with Crippen LogP contribution >= 0.6 is 0 Å². The van der Waals surface area contributed by atoms with Gasteiger partial charge in [0.25, 0.3) is 0 Å². The Morgan fingerprint density at radius 2 is 1.96 bits per heavy atom. The molecule has 0 fully saturated rings. The Labute approximate surface area is 147 Å². The first kappa shape index (κ1) is 18.5. The van der Waals surface area contributed by atoms with Crippen LogP contribution in [0.15, 0.2) is 42.7 Å². The van der Waals surface area contributed by atoms with Gasteiger partial charge < -0.3 is 15.0 Å². The zero-order valence-corrected chi connectivity index (χ0v) is 15.0. The minimum absolute atomic E-state index is 0.128. The first-order valence-corrected chi connectivity index (χ1v) is 8.04. The van der Waals surface area contributed by atoms with Gasteiger partial charge in [-0.2, -0.15) is 5.10 Å². The molecule has 7 nitrogen and oxygen atoms in total. The molecular formula is C18H24N4O3. The van der Waals surface area contributed by atoms with E-state index in [0.717, 1.165) is 5.56 Å². The van der Waals surface area contributed by atoms with Crippen LogP contribution in [0.25, 0.3) is 0 Å². The summed E-state index contributed by atoms with van der Waals surface area (Å²) in [6.45, 7) is 5.92. The summed E-state index contributed by atoms with van der Waals surface area (Å²) in [6.07, 6.45) is 2.93. The number of hydrogen-bond acceptors (Lipinski definition) is 4. The summed E-state index contributed by atoms with van der Waals surface area (Å²) >= 11 is 0. The predicted octanol–water partition coefficient (Wildman–Crippen LogP) is 2.89. The summed E-state index contributed by atoms with van der Waals surface area (Å²) in [5.74, 6) is -0.184. The number of para-hydroxylation sites is 1. The van der Waals surface area contributed by atoms with Gasteiger partial charge in [-0.05, 0) is 38.5 Å². The number of nitrogens with zero attached hydrogens (tertiary/aromatic N) is 3. The van der Waals surface area contributed by atoms with Crippen LogP contribution in [0.3, 0.4) is 0 Å². The SMILES string of the molecule is CN(Cc1ccccc1NC(=O)Cn1cccn1)C(=O)OC(C)(C)C. The quantitative estimate of drug-likeness (QED) is 0.905. The second-order valence-corrected chi connectivity index (χ2v) is 6.75. The van der Waals surface area contributed by atoms with Crippen LogP contribution in [0.5, 0.6) is 0 Å². The lowest BCUT2D eigenvalue weighted by molar-refractivity contribution is -0.116. The lowest BCUT2D eigenvalue weighted by atomic mass is 10.1. The van der Waals surface area contributed by atoms with Crippen molar-refractivity contribution in [2.24, 2.45) is 0 Å². The van der Waals surface area contributed by atoms with E-state index in [4.69, 9.17) is 4.74 Å². The minimum Gasteiger partial charge on any atom is -0.444 e. The van der Waals surface area contributed by atoms with Crippen LogP contribution in [0.4, 0.5) is 10.5 Å². The van der Waals surface area contributed by atoms with Crippen molar-refractivity contribution in [3.63, 3.8) is 0 Å². The number of aromatic nitrogens is 2. The van der Waals surface area contributed by atoms with Crippen LogP contribution in [-0.4, -0.2) is 39.3 Å². The number of amides is 2. The van der Waals surface area contributed by atoms with Gasteiger partial charge in [0.2, 0.25) is 5.91 Å². The van der Waals surface area contributed by atoms with Crippen LogP contribution < -0.4 is 5.32 Å². The molecule has 0 unspecified atom stereocenters. The van der Waals surface area contributed by atoms with E-state index in [9.17, 15) is 9.59 Å². The molecule has 0 atom stereocenters. The summed E-state index contributed by atoms with van der Waals surface area (Å²) in [5, 5.41) is 6.88. The van der Waals surface area contributed by atoms with E-state index in [1.54, 1.807) is 36.3 Å². The second-order valence-electron chi connectivity index (χ2n) is 6.75. The third-order valence-electron chi connectivity index (χ3n) is 3.27. The van der Waals surface area contributed by atoms with Crippen molar-refractivity contribution >= 4 is 17.7 Å². The van der Waals surface area contributed by atoms with Crippen molar-refractivity contribution < 1.29 is 14.3 Å². The van der Waals surface area contributed by atoms with E-state index in [1.165, 1.54) is 4.90 Å². The molecule has 134 valence electrons. The fourth-order valence-corrected chi connectivity index (χ4v) is 2.17. The Kier molecular flexibility index (Phi) is 5.80. The highest BCUT2D eigenvalue weighted by molar-refractivity contribution is 5.91. The van der Waals surface area contributed by atoms with Crippen molar-refractivity contribution in [3.05, 3.63) is 48.3 Å². The minimum atomic E-state index is -0.553. The molecule has 0 bridgehead atoms. The summed E-state index contributed by atoms with van der Waals surface area (Å²) in [6, 6.07) is 9.13. The molecule has 1 aromatic carbocycles. The van der Waals surface area contributed by atoms with Gasteiger partial charge >= 0.3 is 6.09 Å². The molecule has 0 aliphatic rings. The van der Waals surface area contributed by atoms with E-state index in [0.29, 0.717) is 12.2 Å². The zero-order chi connectivity index (χ0) is 18.4. The molecule has 0 aliphatic heterocycles. The molecular weight excluding hydrogens is 320 g/mol. The number of ether oxygens (including phenoxy) is 1. The molecule has 0 aliphatic carbocycles. The standard InChI is InChI=1S/C18H24N4O3/c1-18(2,3)25-17(24)21(4)12-14-8-5-6-9-15(14)20-16(23)13-22-11-7-10-19-22/h5-11H,12-13H2,1-4H3,(H,20,23). The maximum atomic E-state index is 12.2. The number of anilines is 1. The summed E-state index contributed by atoms with van der Waals surface area (Å²) < 4.78 is 6.90. The highest BCUT2D eigenvalue weighted by Gasteiger charge is 2.20. The van der Waals surface area contributed by atoms with E-state index in [2.05, 4.69) is 10.4 Å². The molecule has 25 heavy (non-hydrogen) atoms. The fourth-order valence-electron chi connectivity index (χ4n) is 2.17. The molecule has 1 N–H and O–H groups in total. The maximum Gasteiger partial charge on any atom is 0.410 e. The van der Waals surface area contributed by atoms with E-state index >= 15 is 0 Å². The first-order chi connectivity index (χ1) is 11.7. The van der Waals surface area contributed by atoms with Gasteiger partial charge in [-0.3, -0.25) is 9.48 Å². The Morgan fingerprint density at radius 3 is 2.60 bits per heavy atom. The van der Waals surface area contributed by atoms with Gasteiger partial charge in [-0.1, -0.05) is 18.2 Å². The topological polar surface area (TPSA) is 76.5 Å². The monoisotopic (exact) mass is 344 g/mol. The second kappa shape index (κ2) is 7.83. The van der Waals surface area contributed by atoms with Crippen molar-refractivity contribution in [2.45, 2.75) is 39.5 Å². The number of benzene rings is 1. The van der Waals surface area contributed by atoms with Crippen LogP contribution in [0, 0.1) is 0 Å². The van der Waals surface area contributed by atoms with Crippen LogP contribution in [-0.2, 0) is 22.6 Å². The number of rotatable bonds is 5. The molecule has 0 saturated heterocycles. The van der Waals surface area contributed by atoms with Crippen molar-refractivity contribution in [3.8, 4) is 0 Å². The number of carbonyl (C=O) groups is 2. The molecule has 0 spiro atoms. The average molecular weight is 344 g/mol. The van der Waals surface area contributed by atoms with Crippen molar-refractivity contribution in [1.29, 1.82) is 0 Å². The Bertz CT molecular complexity index is 720. The third kappa shape index (κ3) is 5.95. The normalized spacial score (nSPS) is 11.0. The number of nitrogens with one attached hydrogen (secondary N) is 1. The number of hydrogen-bond donors (Lipinski definition) is 1. The lowest BCUT2D eigenvalue weighted by Crippen LogP contribution is -2.34. The average Bonchev–Trinajstić information content (AvgIpc) is 3.00. The van der Waals surface area contributed by atoms with E-state index < -0.39 is 11.7 Å². The summed E-state index contributed by atoms with van der Waals surface area (Å²) in [4.78, 5) is 25.8. The van der Waals surface area contributed by atoms with Gasteiger partial charge in [0, 0.05) is 25.1 Å². The Balaban J connectivity index is 2.02. The van der Waals surface area contributed by atoms with Gasteiger partial charge in [0.15, 0.2) is 0 Å². The highest BCUT2D eigenvalue weighted by atomic mass is 16.6. The van der Waals surface area contributed by atoms with Gasteiger partial charge in [-0.25, -0.2) is 4.79 Å². The van der Waals surface area contributed by atoms with Crippen molar-refractivity contribution in [1.82, 2.24) is 14.7 Å². The summed E-state index contributed by atoms with van der Waals surface area (Å²) in [7, 11) is 1.66. The molecule has 1 aromatic heterocycles. The molecule has 2 aromatic rings. The zero-order valence-electron chi connectivity index (χ0n) is 15.0. The van der Waals surface area contributed by atoms with Crippen LogP contribution in [0.2, 0.25) is 0 Å². The summed E-state index contributed by atoms with van der Waals surface area (Å²) in [5.41, 5.74) is 0.933. The number of carbonyl (C=O) groups excluding carboxylic acids is 2. The molecule has 1 heterocycles. The molecule has 0 radical (unpaired) electrons. The smallest absolute Gasteiger partial charge is 0.410 e. The van der Waals surface area contributed by atoms with E-state index in [1.807, 2.05) is 39.0 Å². The predicted molar refractivity (Wildman–Crippen MR) is 95.0 cm³/mol. The molecule has 0 saturated carbocycles. The molecule has 7 heteroatoms. The molecule has 2 rings (SSSR count). The van der Waals surface area contributed by atoms with Crippen LogP contribution in [0.1, 0.15) is 26.3 Å². The lowest BCUT2D eigenvalue weighted by Gasteiger charge is -2.25. The fraction of sp³-hybridized carbons (Fsp3) is 0.389. The van der Waals surface area contributed by atoms with Gasteiger partial charge in [0.1, 0.15) is 12.1 Å². The van der Waals surface area contributed by atoms with E-state index in [-0.39, 0.29) is 12.5 Å². The van der Waals surface area contributed by atoms with Gasteiger partial charge in [-0.15, -0.1) is 0 Å². The molecule has 2 amide bonds. The first-order valence-electron chi connectivity index (χ1n) is 8.04.